The summed E-state index contributed by atoms with van der Waals surface area (Å²) >= 11 is 0. The average Bonchev–Trinajstić information content (AvgIpc) is 2.38. The minimum absolute atomic E-state index is 0.160. The van der Waals surface area contributed by atoms with Gasteiger partial charge in [-0.15, -0.1) is 0 Å². The van der Waals surface area contributed by atoms with Crippen molar-refractivity contribution in [3.63, 3.8) is 0 Å². The molecule has 5 nitrogen and oxygen atoms in total. The van der Waals surface area contributed by atoms with E-state index in [2.05, 4.69) is 26.1 Å². The molecule has 2 unspecified atom stereocenters. The van der Waals surface area contributed by atoms with E-state index in [1.807, 2.05) is 12.1 Å². The van der Waals surface area contributed by atoms with Crippen molar-refractivity contribution in [3.05, 3.63) is 0 Å². The van der Waals surface area contributed by atoms with Crippen molar-refractivity contribution in [2.24, 2.45) is 28.6 Å². The molecule has 0 aromatic carbocycles. The smallest absolute Gasteiger partial charge is 0.244 e. The maximum atomic E-state index is 12.0. The van der Waals surface area contributed by atoms with Crippen LogP contribution >= 0.6 is 0 Å². The molecule has 5 heteroatoms. The molecule has 1 saturated heterocycles. The lowest BCUT2D eigenvalue weighted by Crippen LogP contribution is -2.58. The van der Waals surface area contributed by atoms with E-state index in [4.69, 9.17) is 0 Å². The summed E-state index contributed by atoms with van der Waals surface area (Å²) < 4.78 is 0. The number of carbonyl (C=O) groups excluding carboxylic acids is 2. The number of piperidine rings is 1. The van der Waals surface area contributed by atoms with Gasteiger partial charge in [-0.25, -0.2) is 0 Å². The van der Waals surface area contributed by atoms with Crippen molar-refractivity contribution >= 4 is 11.8 Å². The van der Waals surface area contributed by atoms with E-state index in [0.29, 0.717) is 18.8 Å². The number of amides is 2. The predicted molar refractivity (Wildman–Crippen MR) is 75.2 cm³/mol. The maximum absolute atomic E-state index is 12.0. The molecule has 0 aromatic rings. The third-order valence-corrected chi connectivity index (χ3v) is 5.32. The topological polar surface area (TPSA) is 93.8 Å². The molecule has 1 saturated carbocycles. The Balaban J connectivity index is 2.34. The molecule has 2 rings (SSSR count). The van der Waals surface area contributed by atoms with Gasteiger partial charge in [0.05, 0.1) is 12.1 Å². The Morgan fingerprint density at radius 3 is 1.81 bits per heavy atom. The van der Waals surface area contributed by atoms with E-state index >= 15 is 0 Å². The first kappa shape index (κ1) is 15.5. The number of nitrogens with zero attached hydrogens (tertiary/aromatic N) is 2. The number of carbonyl (C=O) groups is 2. The maximum Gasteiger partial charge on any atom is 0.244 e. The van der Waals surface area contributed by atoms with Gasteiger partial charge in [-0.2, -0.15) is 10.5 Å². The second-order valence-corrected chi connectivity index (χ2v) is 7.35. The van der Waals surface area contributed by atoms with E-state index in [9.17, 15) is 20.1 Å². The Kier molecular flexibility index (Phi) is 3.80. The summed E-state index contributed by atoms with van der Waals surface area (Å²) in [6.45, 7) is 6.54. The normalized spacial score (nSPS) is 36.7. The van der Waals surface area contributed by atoms with Crippen molar-refractivity contribution in [1.29, 1.82) is 10.5 Å². The lowest BCUT2D eigenvalue weighted by molar-refractivity contribution is -0.147. The first-order chi connectivity index (χ1) is 9.76. The van der Waals surface area contributed by atoms with Crippen LogP contribution < -0.4 is 5.32 Å². The third-order valence-electron chi connectivity index (χ3n) is 5.32. The molecule has 2 atom stereocenters. The van der Waals surface area contributed by atoms with Gasteiger partial charge in [-0.1, -0.05) is 20.8 Å². The monoisotopic (exact) mass is 287 g/mol. The van der Waals surface area contributed by atoms with Gasteiger partial charge in [-0.05, 0) is 37.0 Å². The minimum Gasteiger partial charge on any atom is -0.294 e. The van der Waals surface area contributed by atoms with E-state index in [1.165, 1.54) is 0 Å². The van der Waals surface area contributed by atoms with Gasteiger partial charge in [-0.3, -0.25) is 14.9 Å². The molecule has 0 aromatic heterocycles. The fourth-order valence-electron chi connectivity index (χ4n) is 3.93. The van der Waals surface area contributed by atoms with Crippen LogP contribution in [0, 0.1) is 51.2 Å². The highest BCUT2D eigenvalue weighted by atomic mass is 16.2. The second-order valence-electron chi connectivity index (χ2n) is 7.35. The number of hydrogen-bond donors (Lipinski definition) is 1. The van der Waals surface area contributed by atoms with Crippen molar-refractivity contribution < 1.29 is 9.59 Å². The highest BCUT2D eigenvalue weighted by Crippen LogP contribution is 2.54. The van der Waals surface area contributed by atoms with Gasteiger partial charge < -0.3 is 0 Å². The molecule has 1 N–H and O–H groups in total. The van der Waals surface area contributed by atoms with Gasteiger partial charge in [0.1, 0.15) is 11.8 Å². The molecule has 2 amide bonds. The Morgan fingerprint density at radius 1 is 1.05 bits per heavy atom. The largest absolute Gasteiger partial charge is 0.294 e. The summed E-state index contributed by atoms with van der Waals surface area (Å²) in [6, 6.07) is 4.07. The molecule has 2 aliphatic rings. The molecule has 21 heavy (non-hydrogen) atoms. The number of imide groups is 1. The van der Waals surface area contributed by atoms with E-state index in [0.717, 1.165) is 12.8 Å². The third kappa shape index (κ3) is 2.42. The first-order valence-corrected chi connectivity index (χ1v) is 7.40. The summed E-state index contributed by atoms with van der Waals surface area (Å²) in [4.78, 5) is 24.0. The standard InChI is InChI=1S/C16H21N3O2/c1-15(2,3)10-4-6-16(7-5-10)11(8-17)13(20)19-14(21)12(16)9-18/h10-12H,4-7H2,1-3H3,(H,19,20,21). The van der Waals surface area contributed by atoms with Crippen LogP contribution in [0.5, 0.6) is 0 Å². The van der Waals surface area contributed by atoms with Gasteiger partial charge in [0.25, 0.3) is 0 Å². The highest BCUT2D eigenvalue weighted by Gasteiger charge is 2.57. The van der Waals surface area contributed by atoms with Crippen molar-refractivity contribution in [1.82, 2.24) is 5.32 Å². The van der Waals surface area contributed by atoms with Crippen molar-refractivity contribution in [2.75, 3.05) is 0 Å². The van der Waals surface area contributed by atoms with Crippen LogP contribution in [-0.4, -0.2) is 11.8 Å². The zero-order valence-corrected chi connectivity index (χ0v) is 12.8. The molecule has 1 aliphatic carbocycles. The molecule has 0 radical (unpaired) electrons. The van der Waals surface area contributed by atoms with Crippen molar-refractivity contribution in [3.8, 4) is 12.1 Å². The second kappa shape index (κ2) is 5.15. The molecule has 2 fully saturated rings. The van der Waals surface area contributed by atoms with Crippen LogP contribution in [0.15, 0.2) is 0 Å². The molecule has 1 spiro atoms. The Hall–Kier alpha value is -1.88. The minimum atomic E-state index is -0.902. The first-order valence-electron chi connectivity index (χ1n) is 7.40. The predicted octanol–water partition coefficient (Wildman–Crippen LogP) is 2.15. The number of rotatable bonds is 0. The lowest BCUT2D eigenvalue weighted by Gasteiger charge is -2.48. The fourth-order valence-corrected chi connectivity index (χ4v) is 3.93. The zero-order chi connectivity index (χ0) is 15.8. The van der Waals surface area contributed by atoms with E-state index < -0.39 is 29.1 Å². The molecular weight excluding hydrogens is 266 g/mol. The fraction of sp³-hybridized carbons (Fsp3) is 0.750. The van der Waals surface area contributed by atoms with Crippen LogP contribution in [0.25, 0.3) is 0 Å². The summed E-state index contributed by atoms with van der Waals surface area (Å²) in [5, 5.41) is 20.9. The number of nitriles is 2. The van der Waals surface area contributed by atoms with Crippen LogP contribution in [0.2, 0.25) is 0 Å². The number of hydrogen-bond acceptors (Lipinski definition) is 4. The summed E-state index contributed by atoms with van der Waals surface area (Å²) in [5.74, 6) is -2.39. The van der Waals surface area contributed by atoms with Crippen LogP contribution in [0.4, 0.5) is 0 Å². The number of nitrogens with one attached hydrogen (secondary N) is 1. The average molecular weight is 287 g/mol. The zero-order valence-electron chi connectivity index (χ0n) is 12.8. The molecule has 1 heterocycles. The summed E-state index contributed by atoms with van der Waals surface area (Å²) in [6.07, 6.45) is 2.87. The summed E-state index contributed by atoms with van der Waals surface area (Å²) in [5.41, 5.74) is -0.641. The molecule has 0 bridgehead atoms. The Labute approximate surface area is 125 Å². The van der Waals surface area contributed by atoms with Crippen LogP contribution in [0.3, 0.4) is 0 Å². The lowest BCUT2D eigenvalue weighted by atomic mass is 9.54. The quantitative estimate of drug-likeness (QED) is 0.691. The highest BCUT2D eigenvalue weighted by molar-refractivity contribution is 6.03. The Morgan fingerprint density at radius 2 is 1.48 bits per heavy atom. The van der Waals surface area contributed by atoms with Crippen LogP contribution in [0.1, 0.15) is 46.5 Å². The molecule has 112 valence electrons. The van der Waals surface area contributed by atoms with Gasteiger partial charge in [0.15, 0.2) is 0 Å². The van der Waals surface area contributed by atoms with Gasteiger partial charge in [0, 0.05) is 5.41 Å². The molecule has 1 aliphatic heterocycles. The van der Waals surface area contributed by atoms with E-state index in [-0.39, 0.29) is 5.41 Å². The van der Waals surface area contributed by atoms with Crippen LogP contribution in [-0.2, 0) is 9.59 Å². The van der Waals surface area contributed by atoms with Gasteiger partial charge >= 0.3 is 0 Å². The van der Waals surface area contributed by atoms with E-state index in [1.54, 1.807) is 0 Å². The SMILES string of the molecule is CC(C)(C)C1CCC2(CC1)C(C#N)C(=O)NC(=O)C2C#N. The molecular formula is C16H21N3O2. The van der Waals surface area contributed by atoms with Gasteiger partial charge in [0.2, 0.25) is 11.8 Å². The van der Waals surface area contributed by atoms with Crippen molar-refractivity contribution in [2.45, 2.75) is 46.5 Å². The Bertz CT molecular complexity index is 505. The summed E-state index contributed by atoms with van der Waals surface area (Å²) in [7, 11) is 0.